The second-order valence-corrected chi connectivity index (χ2v) is 7.34. The van der Waals surface area contributed by atoms with E-state index in [4.69, 9.17) is 4.74 Å². The predicted molar refractivity (Wildman–Crippen MR) is 101 cm³/mol. The van der Waals surface area contributed by atoms with Gasteiger partial charge in [-0.05, 0) is 18.4 Å². The molecule has 26 heavy (non-hydrogen) atoms. The Balaban J connectivity index is 1.77. The van der Waals surface area contributed by atoms with Crippen molar-refractivity contribution in [3.63, 3.8) is 0 Å². The zero-order valence-corrected chi connectivity index (χ0v) is 16.2. The van der Waals surface area contributed by atoms with Crippen molar-refractivity contribution in [2.45, 2.75) is 45.6 Å². The summed E-state index contributed by atoms with van der Waals surface area (Å²) in [5.41, 5.74) is 0.626. The van der Waals surface area contributed by atoms with Crippen LogP contribution in [0.2, 0.25) is 0 Å². The summed E-state index contributed by atoms with van der Waals surface area (Å²) in [5, 5.41) is 2.74. The Morgan fingerprint density at radius 3 is 2.54 bits per heavy atom. The summed E-state index contributed by atoms with van der Waals surface area (Å²) < 4.78 is 5.92. The third-order valence-electron chi connectivity index (χ3n) is 4.41. The average molecular weight is 362 g/mol. The third kappa shape index (κ3) is 6.20. The highest BCUT2D eigenvalue weighted by Crippen LogP contribution is 2.20. The van der Waals surface area contributed by atoms with Crippen LogP contribution >= 0.6 is 0 Å². The number of hydrogen-bond acceptors (Lipinski definition) is 4. The predicted octanol–water partition coefficient (Wildman–Crippen LogP) is 2.98. The number of likely N-dealkylation sites (tertiary alicyclic amines) is 1. The van der Waals surface area contributed by atoms with Crippen LogP contribution in [0.25, 0.3) is 0 Å². The van der Waals surface area contributed by atoms with E-state index >= 15 is 0 Å². The first kappa shape index (κ1) is 20.0. The number of carbonyl (C=O) groups excluding carboxylic acids is 2. The first-order valence-electron chi connectivity index (χ1n) is 9.24. The summed E-state index contributed by atoms with van der Waals surface area (Å²) in [5.74, 6) is 1.34. The lowest BCUT2D eigenvalue weighted by Gasteiger charge is -2.32. The van der Waals surface area contributed by atoms with E-state index in [-0.39, 0.29) is 18.0 Å². The number of hydrogen-bond donors (Lipinski definition) is 1. The van der Waals surface area contributed by atoms with Gasteiger partial charge in [0.15, 0.2) is 0 Å². The second-order valence-electron chi connectivity index (χ2n) is 7.34. The van der Waals surface area contributed by atoms with E-state index in [1.165, 1.54) is 4.90 Å². The third-order valence-corrected chi connectivity index (χ3v) is 4.41. The molecule has 1 aliphatic rings. The number of piperidine rings is 1. The number of carbonyl (C=O) groups is 2. The number of ether oxygens (including phenoxy) is 1. The second kappa shape index (κ2) is 9.40. The van der Waals surface area contributed by atoms with Gasteiger partial charge in [-0.15, -0.1) is 0 Å². The molecule has 0 aliphatic carbocycles. The van der Waals surface area contributed by atoms with Crippen LogP contribution in [0.4, 0.5) is 10.5 Å². The Morgan fingerprint density at radius 2 is 2.00 bits per heavy atom. The maximum absolute atomic E-state index is 12.2. The van der Waals surface area contributed by atoms with Gasteiger partial charge in [0.05, 0.1) is 11.9 Å². The molecule has 0 atom stereocenters. The van der Waals surface area contributed by atoms with Crippen molar-refractivity contribution in [1.82, 2.24) is 14.8 Å². The van der Waals surface area contributed by atoms with Crippen LogP contribution in [0.3, 0.4) is 0 Å². The molecule has 0 unspecified atom stereocenters. The molecule has 1 aromatic rings. The van der Waals surface area contributed by atoms with Crippen LogP contribution in [0.15, 0.2) is 18.3 Å². The minimum Gasteiger partial charge on any atom is -0.474 e. The summed E-state index contributed by atoms with van der Waals surface area (Å²) >= 11 is 0. The molecule has 0 saturated carbocycles. The fourth-order valence-electron chi connectivity index (χ4n) is 2.72. The van der Waals surface area contributed by atoms with Crippen molar-refractivity contribution in [2.24, 2.45) is 5.92 Å². The lowest BCUT2D eigenvalue weighted by atomic mass is 10.0. The van der Waals surface area contributed by atoms with Crippen LogP contribution in [0, 0.1) is 5.92 Å². The summed E-state index contributed by atoms with van der Waals surface area (Å²) in [7, 11) is 3.36. The Kier molecular flexibility index (Phi) is 7.24. The molecule has 1 fully saturated rings. The van der Waals surface area contributed by atoms with Gasteiger partial charge in [-0.25, -0.2) is 9.78 Å². The molecule has 0 bridgehead atoms. The van der Waals surface area contributed by atoms with Gasteiger partial charge in [-0.2, -0.15) is 0 Å². The molecule has 144 valence electrons. The fraction of sp³-hybridized carbons (Fsp3) is 0.632. The Morgan fingerprint density at radius 1 is 1.31 bits per heavy atom. The van der Waals surface area contributed by atoms with E-state index in [2.05, 4.69) is 24.1 Å². The summed E-state index contributed by atoms with van der Waals surface area (Å²) in [6.45, 7) is 5.74. The topological polar surface area (TPSA) is 74.8 Å². The first-order valence-corrected chi connectivity index (χ1v) is 9.24. The van der Waals surface area contributed by atoms with Crippen molar-refractivity contribution in [1.29, 1.82) is 0 Å². The fourth-order valence-corrected chi connectivity index (χ4v) is 2.72. The van der Waals surface area contributed by atoms with E-state index in [0.29, 0.717) is 23.9 Å². The standard InChI is InChI=1S/C19H30N4O3/c1-14(2)5-8-18(24)23-11-9-16(10-12-23)26-17-7-6-15(13-20-17)21-19(25)22(3)4/h6-7,13-14,16H,5,8-12H2,1-4H3,(H,21,25). The van der Waals surface area contributed by atoms with E-state index in [1.807, 2.05) is 4.90 Å². The molecule has 0 aromatic carbocycles. The van der Waals surface area contributed by atoms with Crippen molar-refractivity contribution in [3.05, 3.63) is 18.3 Å². The molecule has 1 aromatic heterocycles. The molecule has 1 saturated heterocycles. The van der Waals surface area contributed by atoms with Gasteiger partial charge < -0.3 is 19.9 Å². The maximum Gasteiger partial charge on any atom is 0.321 e. The van der Waals surface area contributed by atoms with Crippen LogP contribution in [0.5, 0.6) is 5.88 Å². The number of rotatable bonds is 6. The molecule has 1 N–H and O–H groups in total. The van der Waals surface area contributed by atoms with Gasteiger partial charge in [-0.3, -0.25) is 4.79 Å². The number of nitrogens with one attached hydrogen (secondary N) is 1. The lowest BCUT2D eigenvalue weighted by Crippen LogP contribution is -2.41. The van der Waals surface area contributed by atoms with Crippen molar-refractivity contribution in [3.8, 4) is 5.88 Å². The molecule has 0 spiro atoms. The largest absolute Gasteiger partial charge is 0.474 e. The lowest BCUT2D eigenvalue weighted by molar-refractivity contribution is -0.133. The quantitative estimate of drug-likeness (QED) is 0.844. The SMILES string of the molecule is CC(C)CCC(=O)N1CCC(Oc2ccc(NC(=O)N(C)C)cn2)CC1. The van der Waals surface area contributed by atoms with E-state index in [1.54, 1.807) is 32.4 Å². The molecule has 0 radical (unpaired) electrons. The number of aromatic nitrogens is 1. The highest BCUT2D eigenvalue weighted by atomic mass is 16.5. The first-order chi connectivity index (χ1) is 12.3. The van der Waals surface area contributed by atoms with E-state index < -0.39 is 0 Å². The zero-order chi connectivity index (χ0) is 19.1. The number of urea groups is 1. The van der Waals surface area contributed by atoms with Gasteiger partial charge in [0.2, 0.25) is 11.8 Å². The molecule has 1 aliphatic heterocycles. The van der Waals surface area contributed by atoms with Gasteiger partial charge in [0.1, 0.15) is 6.10 Å². The van der Waals surface area contributed by atoms with E-state index in [9.17, 15) is 9.59 Å². The smallest absolute Gasteiger partial charge is 0.321 e. The zero-order valence-electron chi connectivity index (χ0n) is 16.2. The minimum absolute atomic E-state index is 0.0684. The molecule has 3 amide bonds. The monoisotopic (exact) mass is 362 g/mol. The minimum atomic E-state index is -0.199. The molecular weight excluding hydrogens is 332 g/mol. The number of anilines is 1. The average Bonchev–Trinajstić information content (AvgIpc) is 2.61. The van der Waals surface area contributed by atoms with E-state index in [0.717, 1.165) is 32.4 Å². The van der Waals surface area contributed by atoms with Gasteiger partial charge in [0.25, 0.3) is 0 Å². The van der Waals surface area contributed by atoms with Crippen LogP contribution in [-0.4, -0.2) is 60.0 Å². The van der Waals surface area contributed by atoms with Crippen molar-refractivity contribution < 1.29 is 14.3 Å². The van der Waals surface area contributed by atoms with Crippen LogP contribution in [0.1, 0.15) is 39.5 Å². The van der Waals surface area contributed by atoms with Crippen molar-refractivity contribution >= 4 is 17.6 Å². The molecule has 2 rings (SSSR count). The molecule has 2 heterocycles. The maximum atomic E-state index is 12.2. The van der Waals surface area contributed by atoms with Crippen molar-refractivity contribution in [2.75, 3.05) is 32.5 Å². The van der Waals surface area contributed by atoms with Gasteiger partial charge in [0, 0.05) is 52.5 Å². The normalized spacial score (nSPS) is 15.0. The number of pyridine rings is 1. The number of nitrogens with zero attached hydrogens (tertiary/aromatic N) is 3. The number of amides is 3. The Labute approximate surface area is 155 Å². The van der Waals surface area contributed by atoms with Crippen LogP contribution < -0.4 is 10.1 Å². The van der Waals surface area contributed by atoms with Gasteiger partial charge in [-0.1, -0.05) is 13.8 Å². The molecular formula is C19H30N4O3. The van der Waals surface area contributed by atoms with Crippen LogP contribution in [-0.2, 0) is 4.79 Å². The Bertz CT molecular complexity index is 593. The molecule has 7 nitrogen and oxygen atoms in total. The Hall–Kier alpha value is -2.31. The summed E-state index contributed by atoms with van der Waals surface area (Å²) in [6.07, 6.45) is 4.85. The highest BCUT2D eigenvalue weighted by Gasteiger charge is 2.24. The highest BCUT2D eigenvalue weighted by molar-refractivity contribution is 5.88. The molecule has 7 heteroatoms. The summed E-state index contributed by atoms with van der Waals surface area (Å²) in [4.78, 5) is 31.4. The van der Waals surface area contributed by atoms with Gasteiger partial charge >= 0.3 is 6.03 Å². The summed E-state index contributed by atoms with van der Waals surface area (Å²) in [6, 6.07) is 3.33.